The Morgan fingerprint density at radius 2 is 1.97 bits per heavy atom. The molecule has 0 aliphatic carbocycles. The number of hydrogen-bond donors (Lipinski definition) is 0. The van der Waals surface area contributed by atoms with E-state index in [0.29, 0.717) is 22.4 Å². The van der Waals surface area contributed by atoms with Gasteiger partial charge in [0.1, 0.15) is 11.5 Å². The van der Waals surface area contributed by atoms with Crippen molar-refractivity contribution in [3.63, 3.8) is 0 Å². The number of anilines is 1. The molecule has 2 unspecified atom stereocenters. The molecule has 31 heavy (non-hydrogen) atoms. The van der Waals surface area contributed by atoms with E-state index < -0.39 is 9.84 Å². The van der Waals surface area contributed by atoms with Crippen LogP contribution in [0.15, 0.2) is 47.5 Å². The van der Waals surface area contributed by atoms with Crippen molar-refractivity contribution in [2.24, 2.45) is 4.99 Å². The highest BCUT2D eigenvalue weighted by Crippen LogP contribution is 2.44. The number of amidine groups is 1. The van der Waals surface area contributed by atoms with Gasteiger partial charge in [0, 0.05) is 11.3 Å². The summed E-state index contributed by atoms with van der Waals surface area (Å²) in [6.07, 6.45) is 0.187. The number of carbonyl (C=O) groups excluding carboxylic acids is 1. The lowest BCUT2D eigenvalue weighted by molar-refractivity contribution is -0.117. The molecule has 2 aromatic carbocycles. The fourth-order valence-electron chi connectivity index (χ4n) is 3.97. The number of ether oxygens (including phenoxy) is 2. The van der Waals surface area contributed by atoms with Crippen molar-refractivity contribution >= 4 is 38.4 Å². The van der Waals surface area contributed by atoms with Crippen molar-refractivity contribution in [2.75, 3.05) is 30.6 Å². The minimum absolute atomic E-state index is 0.0188. The summed E-state index contributed by atoms with van der Waals surface area (Å²) in [4.78, 5) is 19.0. The van der Waals surface area contributed by atoms with Crippen molar-refractivity contribution in [3.8, 4) is 11.5 Å². The first-order valence-electron chi connectivity index (χ1n) is 9.85. The summed E-state index contributed by atoms with van der Waals surface area (Å²) in [5.74, 6) is 0.974. The number of aliphatic imine (C=N–C) groups is 1. The van der Waals surface area contributed by atoms with Crippen LogP contribution in [0.4, 0.5) is 5.69 Å². The monoisotopic (exact) mass is 460 g/mol. The summed E-state index contributed by atoms with van der Waals surface area (Å²) in [6.45, 7) is 1.98. The third-order valence-corrected chi connectivity index (χ3v) is 8.58. The van der Waals surface area contributed by atoms with Crippen LogP contribution in [0.5, 0.6) is 11.5 Å². The molecule has 0 bridgehead atoms. The van der Waals surface area contributed by atoms with Gasteiger partial charge >= 0.3 is 0 Å². The molecule has 2 fully saturated rings. The SMILES string of the molecule is COc1ccc(N2C(=NC(=O)Cc3cccc(C)c3)SC3CS(=O)(=O)CC32)c(OC)c1. The molecule has 0 N–H and O–H groups in total. The first-order valence-corrected chi connectivity index (χ1v) is 12.5. The summed E-state index contributed by atoms with van der Waals surface area (Å²) in [5, 5.41) is 0.327. The molecular formula is C22H24N2O5S2. The van der Waals surface area contributed by atoms with Crippen molar-refractivity contribution in [3.05, 3.63) is 53.6 Å². The smallest absolute Gasteiger partial charge is 0.252 e. The van der Waals surface area contributed by atoms with Gasteiger partial charge in [0.05, 0.1) is 43.9 Å². The van der Waals surface area contributed by atoms with Gasteiger partial charge < -0.3 is 14.4 Å². The molecule has 0 spiro atoms. The lowest BCUT2D eigenvalue weighted by Gasteiger charge is -2.26. The minimum Gasteiger partial charge on any atom is -0.497 e. The van der Waals surface area contributed by atoms with Crippen LogP contribution >= 0.6 is 11.8 Å². The number of thioether (sulfide) groups is 1. The van der Waals surface area contributed by atoms with Gasteiger partial charge in [-0.3, -0.25) is 4.79 Å². The van der Waals surface area contributed by atoms with Gasteiger partial charge in [0.15, 0.2) is 15.0 Å². The quantitative estimate of drug-likeness (QED) is 0.678. The van der Waals surface area contributed by atoms with Crippen LogP contribution in [0.1, 0.15) is 11.1 Å². The Kier molecular flexibility index (Phi) is 5.98. The highest BCUT2D eigenvalue weighted by atomic mass is 32.2. The van der Waals surface area contributed by atoms with Crippen LogP contribution < -0.4 is 14.4 Å². The van der Waals surface area contributed by atoms with E-state index in [1.54, 1.807) is 26.4 Å². The molecule has 0 aromatic heterocycles. The molecule has 2 atom stereocenters. The zero-order valence-corrected chi connectivity index (χ0v) is 19.2. The van der Waals surface area contributed by atoms with E-state index in [4.69, 9.17) is 9.47 Å². The second-order valence-electron chi connectivity index (χ2n) is 7.66. The van der Waals surface area contributed by atoms with Crippen molar-refractivity contribution in [1.82, 2.24) is 0 Å². The fourth-order valence-corrected chi connectivity index (χ4v) is 7.90. The second-order valence-corrected chi connectivity index (χ2v) is 11.0. The molecule has 1 amide bonds. The van der Waals surface area contributed by atoms with Crippen LogP contribution in [0.3, 0.4) is 0 Å². The van der Waals surface area contributed by atoms with Crippen molar-refractivity contribution in [2.45, 2.75) is 24.6 Å². The molecule has 7 nitrogen and oxygen atoms in total. The zero-order valence-electron chi connectivity index (χ0n) is 17.6. The Hall–Kier alpha value is -2.52. The molecule has 2 saturated heterocycles. The third kappa shape index (κ3) is 4.57. The number of aryl methyl sites for hydroxylation is 1. The largest absolute Gasteiger partial charge is 0.497 e. The van der Waals surface area contributed by atoms with Crippen LogP contribution in [0, 0.1) is 6.92 Å². The molecule has 0 saturated carbocycles. The molecule has 2 aliphatic rings. The van der Waals surface area contributed by atoms with Crippen LogP contribution in [-0.2, 0) is 21.1 Å². The zero-order chi connectivity index (χ0) is 22.2. The van der Waals surface area contributed by atoms with Gasteiger partial charge in [0.2, 0.25) is 0 Å². The molecule has 2 aliphatic heterocycles. The summed E-state index contributed by atoms with van der Waals surface area (Å²) in [5.41, 5.74) is 2.65. The van der Waals surface area contributed by atoms with Gasteiger partial charge in [-0.15, -0.1) is 0 Å². The first-order chi connectivity index (χ1) is 14.8. The van der Waals surface area contributed by atoms with Gasteiger partial charge in [-0.05, 0) is 24.6 Å². The van der Waals surface area contributed by atoms with Crippen molar-refractivity contribution < 1.29 is 22.7 Å². The number of sulfone groups is 1. The number of methoxy groups -OCH3 is 2. The molecule has 2 aromatic rings. The summed E-state index contributed by atoms with van der Waals surface area (Å²) < 4.78 is 35.4. The van der Waals surface area contributed by atoms with E-state index in [-0.39, 0.29) is 35.1 Å². The maximum Gasteiger partial charge on any atom is 0.252 e. The third-order valence-electron chi connectivity index (χ3n) is 5.37. The summed E-state index contributed by atoms with van der Waals surface area (Å²) in [6, 6.07) is 12.8. The maximum atomic E-state index is 12.8. The average molecular weight is 461 g/mol. The van der Waals surface area contributed by atoms with E-state index >= 15 is 0 Å². The van der Waals surface area contributed by atoms with Crippen LogP contribution in [-0.4, -0.2) is 56.5 Å². The van der Waals surface area contributed by atoms with Crippen molar-refractivity contribution in [1.29, 1.82) is 0 Å². The number of carbonyl (C=O) groups is 1. The van der Waals surface area contributed by atoms with E-state index in [0.717, 1.165) is 11.1 Å². The van der Waals surface area contributed by atoms with Crippen LogP contribution in [0.2, 0.25) is 0 Å². The number of hydrogen-bond acceptors (Lipinski definition) is 6. The summed E-state index contributed by atoms with van der Waals surface area (Å²) >= 11 is 1.35. The van der Waals surface area contributed by atoms with Gasteiger partial charge in [-0.25, -0.2) is 8.42 Å². The van der Waals surface area contributed by atoms with Crippen LogP contribution in [0.25, 0.3) is 0 Å². The fraction of sp³-hybridized carbons (Fsp3) is 0.364. The number of benzene rings is 2. The lowest BCUT2D eigenvalue weighted by Crippen LogP contribution is -2.38. The van der Waals surface area contributed by atoms with Gasteiger partial charge in [-0.2, -0.15) is 4.99 Å². The second kappa shape index (κ2) is 8.55. The summed E-state index contributed by atoms with van der Waals surface area (Å²) in [7, 11) is -0.0402. The first kappa shape index (κ1) is 21.7. The molecule has 164 valence electrons. The topological polar surface area (TPSA) is 85.3 Å². The predicted octanol–water partition coefficient (Wildman–Crippen LogP) is 2.86. The Bertz CT molecular complexity index is 1150. The van der Waals surface area contributed by atoms with E-state index in [1.807, 2.05) is 42.2 Å². The van der Waals surface area contributed by atoms with E-state index in [9.17, 15) is 13.2 Å². The molecule has 4 rings (SSSR count). The minimum atomic E-state index is -3.15. The molecule has 2 heterocycles. The molecule has 9 heteroatoms. The van der Waals surface area contributed by atoms with E-state index in [2.05, 4.69) is 4.99 Å². The van der Waals surface area contributed by atoms with Gasteiger partial charge in [0.25, 0.3) is 5.91 Å². The Morgan fingerprint density at radius 1 is 1.16 bits per heavy atom. The van der Waals surface area contributed by atoms with E-state index in [1.165, 1.54) is 11.8 Å². The normalized spacial score (nSPS) is 23.1. The average Bonchev–Trinajstić information content (AvgIpc) is 3.18. The highest BCUT2D eigenvalue weighted by molar-refractivity contribution is 8.16. The molecule has 0 radical (unpaired) electrons. The number of rotatable bonds is 5. The number of amides is 1. The lowest BCUT2D eigenvalue weighted by atomic mass is 10.1. The number of nitrogens with zero attached hydrogens (tertiary/aromatic N) is 2. The Labute approximate surface area is 186 Å². The maximum absolute atomic E-state index is 12.8. The Morgan fingerprint density at radius 3 is 2.68 bits per heavy atom. The van der Waals surface area contributed by atoms with Gasteiger partial charge in [-0.1, -0.05) is 41.6 Å². The predicted molar refractivity (Wildman–Crippen MR) is 123 cm³/mol. The Balaban J connectivity index is 1.70. The highest BCUT2D eigenvalue weighted by Gasteiger charge is 2.50. The molecular weight excluding hydrogens is 436 g/mol. The standard InChI is InChI=1S/C22H24N2O5S2/c1-14-5-4-6-15(9-14)10-21(25)23-22-24(18-12-31(26,27)13-20(18)30-22)17-8-7-16(28-2)11-19(17)29-3/h4-9,11,18,20H,10,12-13H2,1-3H3. The number of fused-ring (bicyclic) bond motifs is 1.